The highest BCUT2D eigenvalue weighted by atomic mass is 16.5. The first-order valence-corrected chi connectivity index (χ1v) is 7.69. The molecule has 24 heavy (non-hydrogen) atoms. The Bertz CT molecular complexity index is 713. The summed E-state index contributed by atoms with van der Waals surface area (Å²) >= 11 is 0. The lowest BCUT2D eigenvalue weighted by atomic mass is 10.1. The molecule has 0 atom stereocenters. The van der Waals surface area contributed by atoms with E-state index in [1.165, 1.54) is 0 Å². The first kappa shape index (κ1) is 17.7. The Morgan fingerprint density at radius 3 is 2.25 bits per heavy atom. The maximum absolute atomic E-state index is 12.3. The molecule has 0 aromatic heterocycles. The minimum Gasteiger partial charge on any atom is -0.496 e. The summed E-state index contributed by atoms with van der Waals surface area (Å²) in [7, 11) is 4.82. The molecular weight excluding hydrogens is 306 g/mol. The molecule has 0 unspecified atom stereocenters. The Kier molecular flexibility index (Phi) is 6.07. The number of carbonyl (C=O) groups is 1. The van der Waals surface area contributed by atoms with Crippen LogP contribution in [-0.2, 0) is 17.8 Å². The van der Waals surface area contributed by atoms with Crippen molar-refractivity contribution in [2.75, 3.05) is 21.3 Å². The van der Waals surface area contributed by atoms with Crippen molar-refractivity contribution < 1.29 is 19.0 Å². The van der Waals surface area contributed by atoms with Gasteiger partial charge in [0.25, 0.3) is 0 Å². The zero-order valence-electron chi connectivity index (χ0n) is 14.5. The second-order valence-corrected chi connectivity index (χ2v) is 5.40. The third-order valence-electron chi connectivity index (χ3n) is 3.82. The van der Waals surface area contributed by atoms with Crippen LogP contribution in [0.3, 0.4) is 0 Å². The number of amides is 1. The molecule has 0 bridgehead atoms. The molecule has 0 fully saturated rings. The molecule has 0 saturated heterocycles. The van der Waals surface area contributed by atoms with Crippen molar-refractivity contribution in [1.82, 2.24) is 5.32 Å². The monoisotopic (exact) mass is 329 g/mol. The second kappa shape index (κ2) is 8.24. The van der Waals surface area contributed by atoms with Gasteiger partial charge in [-0.1, -0.05) is 18.2 Å². The number of benzene rings is 2. The average Bonchev–Trinajstić information content (AvgIpc) is 2.61. The number of hydrogen-bond donors (Lipinski definition) is 1. The summed E-state index contributed by atoms with van der Waals surface area (Å²) in [5.41, 5.74) is 2.69. The van der Waals surface area contributed by atoms with Crippen LogP contribution in [-0.4, -0.2) is 27.2 Å². The Labute approximate surface area is 142 Å². The van der Waals surface area contributed by atoms with E-state index in [1.54, 1.807) is 21.3 Å². The fourth-order valence-corrected chi connectivity index (χ4v) is 2.53. The molecule has 2 rings (SSSR count). The van der Waals surface area contributed by atoms with E-state index in [1.807, 2.05) is 43.3 Å². The number of aryl methyl sites for hydroxylation is 1. The minimum atomic E-state index is -0.0925. The summed E-state index contributed by atoms with van der Waals surface area (Å²) in [5.74, 6) is 2.08. The highest BCUT2D eigenvalue weighted by Gasteiger charge is 2.13. The molecule has 0 heterocycles. The maximum Gasteiger partial charge on any atom is 0.224 e. The van der Waals surface area contributed by atoms with E-state index >= 15 is 0 Å². The average molecular weight is 329 g/mol. The largest absolute Gasteiger partial charge is 0.496 e. The van der Waals surface area contributed by atoms with E-state index in [2.05, 4.69) is 5.32 Å². The van der Waals surface area contributed by atoms with E-state index < -0.39 is 0 Å². The predicted octanol–water partition coefficient (Wildman–Crippen LogP) is 2.88. The molecule has 128 valence electrons. The minimum absolute atomic E-state index is 0.0925. The van der Waals surface area contributed by atoms with Gasteiger partial charge in [0.1, 0.15) is 17.2 Å². The van der Waals surface area contributed by atoms with Gasteiger partial charge in [-0.25, -0.2) is 0 Å². The zero-order valence-corrected chi connectivity index (χ0v) is 14.5. The van der Waals surface area contributed by atoms with Crippen LogP contribution >= 0.6 is 0 Å². The molecule has 0 saturated carbocycles. The number of methoxy groups -OCH3 is 3. The van der Waals surface area contributed by atoms with Crippen LogP contribution in [0.25, 0.3) is 0 Å². The maximum atomic E-state index is 12.3. The standard InChI is InChI=1S/C19H23NO4/c1-13-9-18(24-4)15(10-17(13)23-3)11-19(21)20-12-14-7-5-6-8-16(14)22-2/h5-10H,11-12H2,1-4H3,(H,20,21). The summed E-state index contributed by atoms with van der Waals surface area (Å²) in [6, 6.07) is 11.3. The fraction of sp³-hybridized carbons (Fsp3) is 0.316. The van der Waals surface area contributed by atoms with Gasteiger partial charge in [0.2, 0.25) is 5.91 Å². The fourth-order valence-electron chi connectivity index (χ4n) is 2.53. The summed E-state index contributed by atoms with van der Waals surface area (Å²) in [5, 5.41) is 2.91. The van der Waals surface area contributed by atoms with Crippen molar-refractivity contribution in [2.45, 2.75) is 19.9 Å². The van der Waals surface area contributed by atoms with E-state index in [9.17, 15) is 4.79 Å². The van der Waals surface area contributed by atoms with Gasteiger partial charge in [0.05, 0.1) is 27.8 Å². The third kappa shape index (κ3) is 4.19. The Balaban J connectivity index is 2.07. The molecule has 0 aliphatic heterocycles. The Morgan fingerprint density at radius 2 is 1.58 bits per heavy atom. The van der Waals surface area contributed by atoms with Gasteiger partial charge in [-0.05, 0) is 30.7 Å². The molecule has 5 heteroatoms. The van der Waals surface area contributed by atoms with Crippen LogP contribution in [0.5, 0.6) is 17.2 Å². The number of carbonyl (C=O) groups excluding carboxylic acids is 1. The van der Waals surface area contributed by atoms with Gasteiger partial charge < -0.3 is 19.5 Å². The van der Waals surface area contributed by atoms with Gasteiger partial charge in [-0.2, -0.15) is 0 Å². The molecule has 0 aliphatic carbocycles. The van der Waals surface area contributed by atoms with Crippen LogP contribution in [0.2, 0.25) is 0 Å². The Morgan fingerprint density at radius 1 is 0.917 bits per heavy atom. The molecule has 0 aliphatic rings. The second-order valence-electron chi connectivity index (χ2n) is 5.40. The lowest BCUT2D eigenvalue weighted by Gasteiger charge is -2.13. The summed E-state index contributed by atoms with van der Waals surface area (Å²) < 4.78 is 16.0. The molecule has 1 N–H and O–H groups in total. The summed E-state index contributed by atoms with van der Waals surface area (Å²) in [4.78, 5) is 12.3. The van der Waals surface area contributed by atoms with Crippen molar-refractivity contribution in [2.24, 2.45) is 0 Å². The van der Waals surface area contributed by atoms with Crippen LogP contribution in [0.1, 0.15) is 16.7 Å². The molecule has 0 radical (unpaired) electrons. The van der Waals surface area contributed by atoms with Crippen LogP contribution in [0, 0.1) is 6.92 Å². The van der Waals surface area contributed by atoms with E-state index in [4.69, 9.17) is 14.2 Å². The van der Waals surface area contributed by atoms with E-state index in [0.717, 1.165) is 28.2 Å². The summed E-state index contributed by atoms with van der Waals surface area (Å²) in [6.45, 7) is 2.35. The molecule has 2 aromatic carbocycles. The zero-order chi connectivity index (χ0) is 17.5. The van der Waals surface area contributed by atoms with Crippen molar-refractivity contribution in [3.63, 3.8) is 0 Å². The molecular formula is C19H23NO4. The molecule has 5 nitrogen and oxygen atoms in total. The topological polar surface area (TPSA) is 56.8 Å². The van der Waals surface area contributed by atoms with Crippen molar-refractivity contribution in [1.29, 1.82) is 0 Å². The first-order valence-electron chi connectivity index (χ1n) is 7.69. The number of nitrogens with one attached hydrogen (secondary N) is 1. The first-order chi connectivity index (χ1) is 11.6. The quantitative estimate of drug-likeness (QED) is 0.848. The van der Waals surface area contributed by atoms with Crippen LogP contribution in [0.4, 0.5) is 0 Å². The van der Waals surface area contributed by atoms with Gasteiger partial charge in [0, 0.05) is 17.7 Å². The predicted molar refractivity (Wildman–Crippen MR) is 92.8 cm³/mol. The smallest absolute Gasteiger partial charge is 0.224 e. The SMILES string of the molecule is COc1cc(CC(=O)NCc2ccccc2OC)c(OC)cc1C. The summed E-state index contributed by atoms with van der Waals surface area (Å²) in [6.07, 6.45) is 0.217. The van der Waals surface area contributed by atoms with Crippen LogP contribution < -0.4 is 19.5 Å². The molecule has 1 amide bonds. The highest BCUT2D eigenvalue weighted by Crippen LogP contribution is 2.28. The van der Waals surface area contributed by atoms with Gasteiger partial charge in [-0.3, -0.25) is 4.79 Å². The van der Waals surface area contributed by atoms with Crippen molar-refractivity contribution in [3.8, 4) is 17.2 Å². The van der Waals surface area contributed by atoms with Crippen LogP contribution in [0.15, 0.2) is 36.4 Å². The molecule has 2 aromatic rings. The highest BCUT2D eigenvalue weighted by molar-refractivity contribution is 5.79. The lowest BCUT2D eigenvalue weighted by molar-refractivity contribution is -0.120. The number of ether oxygens (including phenoxy) is 3. The number of rotatable bonds is 7. The number of para-hydroxylation sites is 1. The van der Waals surface area contributed by atoms with Gasteiger partial charge in [-0.15, -0.1) is 0 Å². The normalized spacial score (nSPS) is 10.2. The van der Waals surface area contributed by atoms with Crippen molar-refractivity contribution in [3.05, 3.63) is 53.1 Å². The lowest BCUT2D eigenvalue weighted by Crippen LogP contribution is -2.25. The van der Waals surface area contributed by atoms with E-state index in [0.29, 0.717) is 12.3 Å². The van der Waals surface area contributed by atoms with E-state index in [-0.39, 0.29) is 12.3 Å². The van der Waals surface area contributed by atoms with Gasteiger partial charge in [0.15, 0.2) is 0 Å². The van der Waals surface area contributed by atoms with Crippen molar-refractivity contribution >= 4 is 5.91 Å². The third-order valence-corrected chi connectivity index (χ3v) is 3.82. The Hall–Kier alpha value is -2.69. The molecule has 0 spiro atoms. The van der Waals surface area contributed by atoms with Gasteiger partial charge >= 0.3 is 0 Å². The number of hydrogen-bond acceptors (Lipinski definition) is 4.